The molecular formula is C25H26NO7P. The van der Waals surface area contributed by atoms with Crippen LogP contribution in [0.3, 0.4) is 0 Å². The molecule has 0 saturated carbocycles. The van der Waals surface area contributed by atoms with E-state index in [0.717, 1.165) is 11.1 Å². The lowest BCUT2D eigenvalue weighted by Crippen LogP contribution is -2.35. The minimum Gasteiger partial charge on any atom is -0.459 e. The Morgan fingerprint density at radius 3 is 1.76 bits per heavy atom. The fourth-order valence-electron chi connectivity index (χ4n) is 3.11. The molecular weight excluding hydrogens is 457 g/mol. The summed E-state index contributed by atoms with van der Waals surface area (Å²) in [4.78, 5) is 25.4. The highest BCUT2D eigenvalue weighted by molar-refractivity contribution is 7.62. The van der Waals surface area contributed by atoms with Crippen LogP contribution in [0.2, 0.25) is 0 Å². The number of carbonyl (C=O) groups is 2. The van der Waals surface area contributed by atoms with Gasteiger partial charge in [0.05, 0.1) is 5.30 Å². The highest BCUT2D eigenvalue weighted by Gasteiger charge is 2.28. The van der Waals surface area contributed by atoms with Gasteiger partial charge in [0.2, 0.25) is 0 Å². The summed E-state index contributed by atoms with van der Waals surface area (Å²) in [6, 6.07) is 23.3. The molecule has 1 atom stereocenters. The van der Waals surface area contributed by atoms with Gasteiger partial charge in [-0.2, -0.15) is 0 Å². The van der Waals surface area contributed by atoms with Crippen LogP contribution in [0.15, 0.2) is 84.9 Å². The Kier molecular flexibility index (Phi) is 8.99. The van der Waals surface area contributed by atoms with Crippen LogP contribution in [0.5, 0.6) is 0 Å². The number of amides is 1. The Balaban J connectivity index is 1.75. The Bertz CT molecular complexity index is 1110. The first-order chi connectivity index (χ1) is 16.4. The van der Waals surface area contributed by atoms with Crippen LogP contribution >= 0.6 is 7.60 Å². The maximum absolute atomic E-state index is 12.9. The van der Waals surface area contributed by atoms with Crippen LogP contribution in [0.4, 0.5) is 4.79 Å². The molecule has 0 aromatic heterocycles. The summed E-state index contributed by atoms with van der Waals surface area (Å²) in [7, 11) is -0.893. The maximum Gasteiger partial charge on any atom is 0.408 e. The molecule has 9 heteroatoms. The van der Waals surface area contributed by atoms with Crippen LogP contribution in [0.25, 0.3) is 0 Å². The van der Waals surface area contributed by atoms with E-state index in [1.807, 2.05) is 60.7 Å². The summed E-state index contributed by atoms with van der Waals surface area (Å²) in [6.07, 6.45) is -0.783. The second kappa shape index (κ2) is 12.1. The second-order valence-corrected chi connectivity index (χ2v) is 9.43. The fourth-order valence-corrected chi connectivity index (χ4v) is 4.19. The molecule has 178 valence electrons. The topological polar surface area (TPSA) is 100 Å². The van der Waals surface area contributed by atoms with Crippen molar-refractivity contribution in [1.82, 2.24) is 5.32 Å². The molecule has 3 aromatic rings. The summed E-state index contributed by atoms with van der Waals surface area (Å²) in [5.41, 5.74) is 2.02. The molecule has 0 spiro atoms. The van der Waals surface area contributed by atoms with Gasteiger partial charge < -0.3 is 23.8 Å². The quantitative estimate of drug-likeness (QED) is 0.335. The van der Waals surface area contributed by atoms with Crippen LogP contribution in [0.1, 0.15) is 22.7 Å². The van der Waals surface area contributed by atoms with Gasteiger partial charge in [-0.25, -0.2) is 9.59 Å². The third kappa shape index (κ3) is 6.78. The van der Waals surface area contributed by atoms with Gasteiger partial charge in [0.25, 0.3) is 0 Å². The average molecular weight is 483 g/mol. The Hall–Kier alpha value is -3.45. The Morgan fingerprint density at radius 1 is 0.765 bits per heavy atom. The monoisotopic (exact) mass is 483 g/mol. The molecule has 3 rings (SSSR count). The van der Waals surface area contributed by atoms with E-state index >= 15 is 0 Å². The largest absolute Gasteiger partial charge is 0.459 e. The average Bonchev–Trinajstić information content (AvgIpc) is 2.90. The van der Waals surface area contributed by atoms with Gasteiger partial charge in [0.15, 0.2) is 6.04 Å². The van der Waals surface area contributed by atoms with Crippen molar-refractivity contribution in [2.75, 3.05) is 14.2 Å². The van der Waals surface area contributed by atoms with E-state index < -0.39 is 25.7 Å². The Morgan fingerprint density at radius 2 is 1.26 bits per heavy atom. The van der Waals surface area contributed by atoms with Crippen molar-refractivity contribution in [1.29, 1.82) is 0 Å². The molecule has 0 fully saturated rings. The summed E-state index contributed by atoms with van der Waals surface area (Å²) in [6.45, 7) is 0.0831. The van der Waals surface area contributed by atoms with Crippen molar-refractivity contribution in [2.24, 2.45) is 0 Å². The zero-order valence-corrected chi connectivity index (χ0v) is 19.8. The third-order valence-electron chi connectivity index (χ3n) is 4.96. The molecule has 1 amide bonds. The maximum atomic E-state index is 12.9. The third-order valence-corrected chi connectivity index (χ3v) is 6.85. The van der Waals surface area contributed by atoms with E-state index in [1.165, 1.54) is 26.4 Å². The molecule has 0 aliphatic carbocycles. The normalized spacial score (nSPS) is 11.9. The number of hydrogen-bond donors (Lipinski definition) is 1. The summed E-state index contributed by atoms with van der Waals surface area (Å²) < 4.78 is 33.3. The van der Waals surface area contributed by atoms with Crippen molar-refractivity contribution in [3.63, 3.8) is 0 Å². The highest BCUT2D eigenvalue weighted by atomic mass is 31.2. The molecule has 1 N–H and O–H groups in total. The van der Waals surface area contributed by atoms with Gasteiger partial charge >= 0.3 is 19.7 Å². The number of rotatable bonds is 10. The molecule has 34 heavy (non-hydrogen) atoms. The molecule has 0 unspecified atom stereocenters. The van der Waals surface area contributed by atoms with Crippen molar-refractivity contribution >= 4 is 25.0 Å². The second-order valence-electron chi connectivity index (χ2n) is 7.19. The number of nitrogens with one attached hydrogen (secondary N) is 1. The van der Waals surface area contributed by atoms with E-state index in [4.69, 9.17) is 18.5 Å². The van der Waals surface area contributed by atoms with Gasteiger partial charge in [0, 0.05) is 14.2 Å². The zero-order valence-electron chi connectivity index (χ0n) is 18.9. The molecule has 8 nitrogen and oxygen atoms in total. The van der Waals surface area contributed by atoms with Crippen molar-refractivity contribution < 1.29 is 32.7 Å². The van der Waals surface area contributed by atoms with Gasteiger partial charge in [0.1, 0.15) is 13.2 Å². The first kappa shape index (κ1) is 25.2. The van der Waals surface area contributed by atoms with Gasteiger partial charge in [-0.15, -0.1) is 0 Å². The molecule has 0 radical (unpaired) electrons. The Labute approximate surface area is 198 Å². The lowest BCUT2D eigenvalue weighted by molar-refractivity contribution is -0.147. The van der Waals surface area contributed by atoms with E-state index in [0.29, 0.717) is 10.9 Å². The lowest BCUT2D eigenvalue weighted by atomic mass is 10.1. The smallest absolute Gasteiger partial charge is 0.408 e. The predicted molar refractivity (Wildman–Crippen MR) is 126 cm³/mol. The molecule has 3 aromatic carbocycles. The number of benzene rings is 3. The van der Waals surface area contributed by atoms with E-state index in [1.54, 1.807) is 12.1 Å². The molecule has 0 saturated heterocycles. The SMILES string of the molecule is COP(=O)(OC)c1ccc([C@@H](NC(=O)OCc2ccccc2)C(=O)OCc2ccccc2)cc1. The van der Waals surface area contributed by atoms with Crippen LogP contribution in [-0.4, -0.2) is 26.3 Å². The first-order valence-corrected chi connectivity index (χ1v) is 12.0. The number of ether oxygens (including phenoxy) is 2. The van der Waals surface area contributed by atoms with E-state index in [2.05, 4.69) is 5.32 Å². The minimum absolute atomic E-state index is 0.0392. The number of alkyl carbamates (subject to hydrolysis) is 1. The van der Waals surface area contributed by atoms with Gasteiger partial charge in [-0.1, -0.05) is 72.8 Å². The van der Waals surface area contributed by atoms with Gasteiger partial charge in [-0.05, 0) is 28.8 Å². The fraction of sp³-hybridized carbons (Fsp3) is 0.200. The molecule has 0 aliphatic rings. The summed E-state index contributed by atoms with van der Waals surface area (Å²) in [5.74, 6) is -0.671. The number of carbonyl (C=O) groups excluding carboxylic acids is 2. The van der Waals surface area contributed by atoms with Gasteiger partial charge in [-0.3, -0.25) is 4.57 Å². The predicted octanol–water partition coefficient (Wildman–Crippen LogP) is 4.51. The van der Waals surface area contributed by atoms with E-state index in [-0.39, 0.29) is 13.2 Å². The summed E-state index contributed by atoms with van der Waals surface area (Å²) >= 11 is 0. The van der Waals surface area contributed by atoms with E-state index in [9.17, 15) is 14.2 Å². The van der Waals surface area contributed by atoms with Crippen molar-refractivity contribution in [2.45, 2.75) is 19.3 Å². The first-order valence-electron chi connectivity index (χ1n) is 10.4. The number of esters is 1. The lowest BCUT2D eigenvalue weighted by Gasteiger charge is -2.19. The standard InChI is InChI=1S/C25H26NO7P/c1-30-34(29,31-2)22-15-13-21(14-16-22)23(24(27)32-17-19-9-5-3-6-10-19)26-25(28)33-18-20-11-7-4-8-12-20/h3-16,23H,17-18H2,1-2H3,(H,26,28)/t23-/m1/s1. The van der Waals surface area contributed by atoms with Crippen LogP contribution < -0.4 is 10.6 Å². The summed E-state index contributed by atoms with van der Waals surface area (Å²) in [5, 5.41) is 2.87. The number of hydrogen-bond acceptors (Lipinski definition) is 7. The molecule has 0 bridgehead atoms. The highest BCUT2D eigenvalue weighted by Crippen LogP contribution is 2.45. The minimum atomic E-state index is -3.46. The molecule has 0 aliphatic heterocycles. The van der Waals surface area contributed by atoms with Crippen LogP contribution in [-0.2, 0) is 41.1 Å². The van der Waals surface area contributed by atoms with Crippen LogP contribution in [0, 0.1) is 0 Å². The van der Waals surface area contributed by atoms with Crippen molar-refractivity contribution in [3.05, 3.63) is 102 Å². The van der Waals surface area contributed by atoms with Crippen molar-refractivity contribution in [3.8, 4) is 0 Å². The zero-order chi connectivity index (χ0) is 24.4. The molecule has 0 heterocycles.